The Labute approximate surface area is 475 Å². The van der Waals surface area contributed by atoms with E-state index in [2.05, 4.69) is 10.5 Å². The second kappa shape index (κ2) is 27.2. The van der Waals surface area contributed by atoms with Gasteiger partial charge >= 0.3 is 11.9 Å². The van der Waals surface area contributed by atoms with Gasteiger partial charge in [0.1, 0.15) is 42.3 Å². The van der Waals surface area contributed by atoms with Crippen molar-refractivity contribution < 1.29 is 85.7 Å². The first-order valence-corrected chi connectivity index (χ1v) is 29.5. The summed E-state index contributed by atoms with van der Waals surface area (Å²) in [6.07, 6.45) is -9.14. The third-order valence-corrected chi connectivity index (χ3v) is 17.9. The summed E-state index contributed by atoms with van der Waals surface area (Å²) in [5.41, 5.74) is -3.87. The molecule has 2 aromatic rings. The van der Waals surface area contributed by atoms with Crippen LogP contribution >= 0.6 is 0 Å². The van der Waals surface area contributed by atoms with Crippen LogP contribution in [-0.2, 0) is 76.8 Å². The zero-order valence-corrected chi connectivity index (χ0v) is 49.8. The highest BCUT2D eigenvalue weighted by atomic mass is 32.2. The van der Waals surface area contributed by atoms with Gasteiger partial charge in [-0.15, -0.1) is 0 Å². The lowest BCUT2D eigenvalue weighted by atomic mass is 9.73. The van der Waals surface area contributed by atoms with Gasteiger partial charge in [-0.1, -0.05) is 38.9 Å². The maximum atomic E-state index is 14.6. The number of nitriles is 1. The highest BCUT2D eigenvalue weighted by molar-refractivity contribution is 7.86. The molecule has 3 saturated heterocycles. The Morgan fingerprint density at radius 1 is 1.00 bits per heavy atom. The van der Waals surface area contributed by atoms with Crippen LogP contribution in [0.3, 0.4) is 0 Å². The number of aliphatic hydroxyl groups excluding tert-OH is 2. The number of carboxylic acids is 1. The van der Waals surface area contributed by atoms with Crippen LogP contribution in [0, 0.1) is 35.0 Å². The molecule has 0 unspecified atom stereocenters. The summed E-state index contributed by atoms with van der Waals surface area (Å²) in [6, 6.07) is 5.07. The maximum absolute atomic E-state index is 14.6. The number of aromatic carboxylic acids is 1. The first kappa shape index (κ1) is 65.9. The second-order valence-corrected chi connectivity index (χ2v) is 25.2. The molecule has 1 aromatic heterocycles. The summed E-state index contributed by atoms with van der Waals surface area (Å²) >= 11 is 0. The van der Waals surface area contributed by atoms with E-state index in [0.717, 1.165) is 11.1 Å². The van der Waals surface area contributed by atoms with Crippen LogP contribution in [0.5, 0.6) is 0 Å². The van der Waals surface area contributed by atoms with E-state index < -0.39 is 142 Å². The molecule has 0 radical (unpaired) electrons. The number of nitrogens with zero attached hydrogens (tertiary/aromatic N) is 4. The number of methoxy groups -OCH3 is 1. The number of rotatable bonds is 19. The standard InChI is InChI=1S/C56H87N5O19S/c1-14-41-56(10,69)48(64)32(4)43(59-74-20-17-57)30(2)25-54(8,68)49(79-53-46(63)40(60(11)12)22-31(3)75-53)33(5)47(34(6)52(67)77-41)78-42-26-55(9,72-13)50(35(7)76-42)80-81(70,71)21-19-58-18-15-16-36-23-37-28-73-29-61-27-39(51(65)66)45(62)38(24-36)44(37)61/h23-24,27,30-35,40-42,46-50,53,58,63-64,68-69H,14-16,18-22,25-26,28-29H2,1-13H3,(H,65,66)/t30-,31+,32-,33+,34-,35+,40+,41-,42+,46-,47+,48+,49+,50+,53-,54-,55-,56+/m1/s1. The average molecular weight is 1170 g/mol. The third-order valence-electron chi connectivity index (χ3n) is 16.7. The minimum absolute atomic E-state index is 0.0234. The lowest BCUT2D eigenvalue weighted by molar-refractivity contribution is -0.316. The Balaban J connectivity index is 1.22. The van der Waals surface area contributed by atoms with Crippen molar-refractivity contribution in [2.24, 2.45) is 28.8 Å². The van der Waals surface area contributed by atoms with Crippen molar-refractivity contribution in [2.45, 2.75) is 205 Å². The van der Waals surface area contributed by atoms with E-state index >= 15 is 0 Å². The Morgan fingerprint density at radius 2 is 1.70 bits per heavy atom. The number of oxime groups is 1. The topological polar surface area (TPSA) is 326 Å². The van der Waals surface area contributed by atoms with Crippen molar-refractivity contribution in [3.63, 3.8) is 0 Å². The predicted octanol–water partition coefficient (Wildman–Crippen LogP) is 3.19. The molecule has 0 amide bonds. The van der Waals surface area contributed by atoms with E-state index in [-0.39, 0.29) is 56.5 Å². The van der Waals surface area contributed by atoms with Crippen LogP contribution in [0.2, 0.25) is 0 Å². The van der Waals surface area contributed by atoms with Gasteiger partial charge in [-0.25, -0.2) is 4.79 Å². The molecular weight excluding hydrogens is 1080 g/mol. The quantitative estimate of drug-likeness (QED) is 0.0509. The Morgan fingerprint density at radius 3 is 2.35 bits per heavy atom. The van der Waals surface area contributed by atoms with Gasteiger partial charge in [0.2, 0.25) is 12.0 Å². The van der Waals surface area contributed by atoms with Gasteiger partial charge in [0.15, 0.2) is 12.6 Å². The minimum atomic E-state index is -4.24. The second-order valence-electron chi connectivity index (χ2n) is 23.5. The molecule has 0 aliphatic carbocycles. The monoisotopic (exact) mass is 1170 g/mol. The zero-order chi connectivity index (χ0) is 60.1. The number of pyridine rings is 1. The molecule has 24 nitrogen and oxygen atoms in total. The number of esters is 1. The van der Waals surface area contributed by atoms with Gasteiger partial charge in [0.05, 0.1) is 71.2 Å². The summed E-state index contributed by atoms with van der Waals surface area (Å²) in [5.74, 6) is -6.49. The third kappa shape index (κ3) is 15.2. The van der Waals surface area contributed by atoms with E-state index in [1.165, 1.54) is 27.2 Å². The van der Waals surface area contributed by atoms with Crippen LogP contribution in [0.15, 0.2) is 28.3 Å². The molecule has 1 aromatic carbocycles. The van der Waals surface area contributed by atoms with Gasteiger partial charge in [-0.3, -0.25) is 13.8 Å². The van der Waals surface area contributed by atoms with Gasteiger partial charge in [-0.2, -0.15) is 13.7 Å². The fourth-order valence-electron chi connectivity index (χ4n) is 12.3. The molecule has 25 heteroatoms. The van der Waals surface area contributed by atoms with Crippen molar-refractivity contribution in [3.8, 4) is 6.07 Å². The van der Waals surface area contributed by atoms with Crippen molar-refractivity contribution in [1.82, 2.24) is 14.8 Å². The largest absolute Gasteiger partial charge is 0.477 e. The number of carboxylic acid groups (broad SMARTS) is 1. The molecule has 81 heavy (non-hydrogen) atoms. The van der Waals surface area contributed by atoms with E-state index in [1.54, 1.807) is 59.1 Å². The Kier molecular flexibility index (Phi) is 22.1. The van der Waals surface area contributed by atoms with Gasteiger partial charge in [0, 0.05) is 61.0 Å². The molecule has 5 heterocycles. The number of likely N-dealkylation sites (N-methyl/N-ethyl adjacent to an activating group) is 1. The number of hydrogen-bond donors (Lipinski definition) is 6. The fraction of sp³-hybridized carbons (Fsp3) is 0.768. The van der Waals surface area contributed by atoms with Crippen LogP contribution in [0.1, 0.15) is 123 Å². The number of cyclic esters (lactones) is 1. The summed E-state index contributed by atoms with van der Waals surface area (Å²) in [4.78, 5) is 46.8. The molecule has 18 atom stereocenters. The highest BCUT2D eigenvalue weighted by Crippen LogP contribution is 2.42. The molecule has 3 fully saturated rings. The SMILES string of the molecule is CC[C@H]1OC(=O)[C@H](C)[C@@H](O[C@H]2C[C@@](C)(OC)[C@@H](OS(=O)(=O)CCNCCCc3cc4c5c(c3)c(=O)c(C(=O)O)cn5COC4)[C@H](C)O2)[C@H](C)[C@H](O[C@H]2O[C@@H](C)C[C@H](N(C)C)[C@H]2O)[C@](C)(O)C[C@@H](C)C(=NOCC#N)[C@@H](C)[C@H](O)[C@@]1(C)O. The van der Waals surface area contributed by atoms with Crippen molar-refractivity contribution in [2.75, 3.05) is 46.7 Å². The highest BCUT2D eigenvalue weighted by Gasteiger charge is 2.54. The fourth-order valence-corrected chi connectivity index (χ4v) is 13.5. The molecule has 4 aliphatic heterocycles. The molecule has 0 spiro atoms. The summed E-state index contributed by atoms with van der Waals surface area (Å²) in [6.45, 7) is 16.6. The number of aliphatic hydroxyl groups is 4. The first-order valence-electron chi connectivity index (χ1n) is 27.9. The molecule has 456 valence electrons. The van der Waals surface area contributed by atoms with Crippen molar-refractivity contribution >= 4 is 38.7 Å². The summed E-state index contributed by atoms with van der Waals surface area (Å²) < 4.78 is 79.1. The number of benzene rings is 1. The Bertz CT molecular complexity index is 2750. The number of carbonyl (C=O) groups excluding carboxylic acids is 1. The Hall–Kier alpha value is -4.24. The number of aromatic nitrogens is 1. The summed E-state index contributed by atoms with van der Waals surface area (Å²) in [5, 5.41) is 75.3. The van der Waals surface area contributed by atoms with Crippen LogP contribution in [-0.4, -0.2) is 192 Å². The maximum Gasteiger partial charge on any atom is 0.341 e. The average Bonchev–Trinajstić information content (AvgIpc) is 3.57. The summed E-state index contributed by atoms with van der Waals surface area (Å²) in [7, 11) is 0.801. The molecule has 4 aliphatic rings. The molecule has 0 saturated carbocycles. The van der Waals surface area contributed by atoms with E-state index in [0.29, 0.717) is 36.7 Å². The number of ether oxygens (including phenoxy) is 7. The van der Waals surface area contributed by atoms with E-state index in [9.17, 15) is 53.6 Å². The number of hydrogen-bond acceptors (Lipinski definition) is 22. The van der Waals surface area contributed by atoms with Gasteiger partial charge in [-0.05, 0) is 106 Å². The van der Waals surface area contributed by atoms with Crippen molar-refractivity contribution in [3.05, 3.63) is 45.2 Å². The molecule has 6 N–H and O–H groups in total. The van der Waals surface area contributed by atoms with Crippen LogP contribution in [0.25, 0.3) is 10.9 Å². The number of carbonyl (C=O) groups is 2. The zero-order valence-electron chi connectivity index (χ0n) is 49.0. The first-order chi connectivity index (χ1) is 37.9. The number of nitrogens with one attached hydrogen (secondary N) is 1. The van der Waals surface area contributed by atoms with Gasteiger partial charge < -0.3 is 78.3 Å². The van der Waals surface area contributed by atoms with Crippen molar-refractivity contribution in [1.29, 1.82) is 5.26 Å². The lowest BCUT2D eigenvalue weighted by Gasteiger charge is -2.49. The molecule has 0 bridgehead atoms. The lowest BCUT2D eigenvalue weighted by Crippen LogP contribution is -2.61. The predicted molar refractivity (Wildman–Crippen MR) is 294 cm³/mol. The van der Waals surface area contributed by atoms with Crippen LogP contribution < -0.4 is 10.7 Å². The van der Waals surface area contributed by atoms with E-state index in [4.69, 9.17) is 42.2 Å². The smallest absolute Gasteiger partial charge is 0.341 e. The number of aryl methyl sites for hydroxylation is 1. The van der Waals surface area contributed by atoms with E-state index in [1.807, 2.05) is 38.1 Å². The minimum Gasteiger partial charge on any atom is -0.477 e. The van der Waals surface area contributed by atoms with Crippen LogP contribution in [0.4, 0.5) is 0 Å². The molecule has 6 rings (SSSR count). The van der Waals surface area contributed by atoms with Gasteiger partial charge in [0.25, 0.3) is 10.1 Å². The normalized spacial score (nSPS) is 36.9. The molecular formula is C56H87N5O19S.